The van der Waals surface area contributed by atoms with Gasteiger partial charge in [0, 0.05) is 42.7 Å². The zero-order valence-electron chi connectivity index (χ0n) is 22.0. The second-order valence-corrected chi connectivity index (χ2v) is 9.43. The van der Waals surface area contributed by atoms with Gasteiger partial charge in [-0.1, -0.05) is 30.3 Å². The van der Waals surface area contributed by atoms with E-state index in [1.165, 1.54) is 10.7 Å². The SMILES string of the molecule is CCOc1ccc(-c2ccc(=O)n(CCNC(=O)C3CCN(c4ccc(-c5ccccc5)nn4)CC3)n2)cc1. The molecule has 5 rings (SSSR count). The zero-order valence-corrected chi connectivity index (χ0v) is 22.0. The Kier molecular flexibility index (Phi) is 8.26. The maximum Gasteiger partial charge on any atom is 0.266 e. The molecule has 3 heterocycles. The Morgan fingerprint density at radius 2 is 1.62 bits per heavy atom. The highest BCUT2D eigenvalue weighted by Crippen LogP contribution is 2.24. The molecule has 1 fully saturated rings. The van der Waals surface area contributed by atoms with Crippen molar-refractivity contribution in [2.24, 2.45) is 5.92 Å². The van der Waals surface area contributed by atoms with Crippen LogP contribution < -0.4 is 20.5 Å². The molecule has 200 valence electrons. The lowest BCUT2D eigenvalue weighted by Gasteiger charge is -2.31. The average molecular weight is 525 g/mol. The molecule has 39 heavy (non-hydrogen) atoms. The fourth-order valence-corrected chi connectivity index (χ4v) is 4.71. The van der Waals surface area contributed by atoms with Crippen molar-refractivity contribution in [2.45, 2.75) is 26.3 Å². The summed E-state index contributed by atoms with van der Waals surface area (Å²) in [5.74, 6) is 1.55. The number of hydrogen-bond donors (Lipinski definition) is 1. The summed E-state index contributed by atoms with van der Waals surface area (Å²) in [6.07, 6.45) is 1.47. The Hall–Kier alpha value is -4.53. The fourth-order valence-electron chi connectivity index (χ4n) is 4.71. The van der Waals surface area contributed by atoms with Crippen molar-refractivity contribution in [2.75, 3.05) is 31.1 Å². The van der Waals surface area contributed by atoms with Gasteiger partial charge in [-0.3, -0.25) is 9.59 Å². The van der Waals surface area contributed by atoms with Gasteiger partial charge >= 0.3 is 0 Å². The van der Waals surface area contributed by atoms with Gasteiger partial charge in [-0.2, -0.15) is 5.10 Å². The monoisotopic (exact) mass is 524 g/mol. The minimum absolute atomic E-state index is 0.0101. The third kappa shape index (κ3) is 6.49. The molecule has 0 bridgehead atoms. The maximum atomic E-state index is 12.8. The summed E-state index contributed by atoms with van der Waals surface area (Å²) in [7, 11) is 0. The Morgan fingerprint density at radius 1 is 0.897 bits per heavy atom. The lowest BCUT2D eigenvalue weighted by atomic mass is 9.96. The van der Waals surface area contributed by atoms with Crippen molar-refractivity contribution in [1.29, 1.82) is 0 Å². The lowest BCUT2D eigenvalue weighted by Crippen LogP contribution is -2.42. The minimum atomic E-state index is -0.202. The summed E-state index contributed by atoms with van der Waals surface area (Å²) in [6.45, 7) is 4.66. The molecule has 0 spiro atoms. The van der Waals surface area contributed by atoms with Crippen molar-refractivity contribution in [3.63, 3.8) is 0 Å². The van der Waals surface area contributed by atoms with Crippen molar-refractivity contribution in [1.82, 2.24) is 25.3 Å². The summed E-state index contributed by atoms with van der Waals surface area (Å²) < 4.78 is 6.88. The third-order valence-corrected chi connectivity index (χ3v) is 6.86. The first-order valence-corrected chi connectivity index (χ1v) is 13.3. The molecule has 1 amide bonds. The Balaban J connectivity index is 1.10. The van der Waals surface area contributed by atoms with Crippen molar-refractivity contribution >= 4 is 11.7 Å². The molecule has 2 aromatic carbocycles. The van der Waals surface area contributed by atoms with Gasteiger partial charge in [0.15, 0.2) is 5.82 Å². The standard InChI is InChI=1S/C30H32N6O3/c1-2-39-25-10-8-23(9-11-25)27-13-15-29(37)36(34-27)21-18-31-30(38)24-16-19-35(20-17-24)28-14-12-26(32-33-28)22-6-4-3-5-7-22/h3-15,24H,2,16-21H2,1H3,(H,31,38). The number of ether oxygens (including phenoxy) is 1. The smallest absolute Gasteiger partial charge is 0.266 e. The molecule has 0 radical (unpaired) electrons. The molecular formula is C30H32N6O3. The highest BCUT2D eigenvalue weighted by molar-refractivity contribution is 5.79. The number of nitrogens with zero attached hydrogens (tertiary/aromatic N) is 5. The molecule has 0 atom stereocenters. The number of rotatable bonds is 9. The average Bonchev–Trinajstić information content (AvgIpc) is 2.99. The second kappa shape index (κ2) is 12.3. The number of amides is 1. The molecule has 0 aliphatic carbocycles. The Labute approximate surface area is 227 Å². The topological polar surface area (TPSA) is 102 Å². The zero-order chi connectivity index (χ0) is 27.0. The first kappa shape index (κ1) is 26.1. The van der Waals surface area contributed by atoms with E-state index in [-0.39, 0.29) is 17.4 Å². The number of aromatic nitrogens is 4. The van der Waals surface area contributed by atoms with E-state index in [4.69, 9.17) is 4.74 Å². The highest BCUT2D eigenvalue weighted by Gasteiger charge is 2.25. The van der Waals surface area contributed by atoms with E-state index >= 15 is 0 Å². The van der Waals surface area contributed by atoms with E-state index in [0.717, 1.165) is 54.3 Å². The van der Waals surface area contributed by atoms with Gasteiger partial charge in [0.1, 0.15) is 5.75 Å². The van der Waals surface area contributed by atoms with Crippen LogP contribution >= 0.6 is 0 Å². The van der Waals surface area contributed by atoms with Crippen LogP contribution in [0.25, 0.3) is 22.5 Å². The first-order chi connectivity index (χ1) is 19.1. The summed E-state index contributed by atoms with van der Waals surface area (Å²) >= 11 is 0. The first-order valence-electron chi connectivity index (χ1n) is 13.3. The quantitative estimate of drug-likeness (QED) is 0.355. The number of benzene rings is 2. The highest BCUT2D eigenvalue weighted by atomic mass is 16.5. The molecule has 1 aliphatic heterocycles. The molecule has 0 unspecified atom stereocenters. The van der Waals surface area contributed by atoms with Crippen LogP contribution in [-0.4, -0.2) is 52.1 Å². The van der Waals surface area contributed by atoms with E-state index in [9.17, 15) is 9.59 Å². The molecule has 0 saturated carbocycles. The van der Waals surface area contributed by atoms with Crippen LogP contribution in [0.5, 0.6) is 5.75 Å². The van der Waals surface area contributed by atoms with Gasteiger partial charge in [-0.25, -0.2) is 4.68 Å². The van der Waals surface area contributed by atoms with E-state index in [0.29, 0.717) is 25.4 Å². The van der Waals surface area contributed by atoms with Crippen LogP contribution in [0.3, 0.4) is 0 Å². The van der Waals surface area contributed by atoms with E-state index in [1.54, 1.807) is 6.07 Å². The number of hydrogen-bond acceptors (Lipinski definition) is 7. The molecular weight excluding hydrogens is 492 g/mol. The van der Waals surface area contributed by atoms with Crippen LogP contribution in [0.1, 0.15) is 19.8 Å². The van der Waals surface area contributed by atoms with Crippen molar-refractivity contribution in [3.05, 3.63) is 89.2 Å². The van der Waals surface area contributed by atoms with Crippen LogP contribution in [0.4, 0.5) is 5.82 Å². The summed E-state index contributed by atoms with van der Waals surface area (Å²) in [5, 5.41) is 16.3. The van der Waals surface area contributed by atoms with E-state index in [2.05, 4.69) is 25.5 Å². The summed E-state index contributed by atoms with van der Waals surface area (Å²) in [6, 6.07) is 24.8. The molecule has 4 aromatic rings. The van der Waals surface area contributed by atoms with Gasteiger partial charge in [0.05, 0.1) is 24.5 Å². The molecule has 1 aliphatic rings. The number of anilines is 1. The number of carbonyl (C=O) groups is 1. The van der Waals surface area contributed by atoms with Crippen molar-refractivity contribution < 1.29 is 9.53 Å². The van der Waals surface area contributed by atoms with Crippen molar-refractivity contribution in [3.8, 4) is 28.3 Å². The van der Waals surface area contributed by atoms with Crippen LogP contribution in [0, 0.1) is 5.92 Å². The number of piperidine rings is 1. The fraction of sp³-hybridized carbons (Fsp3) is 0.300. The Morgan fingerprint density at radius 3 is 2.31 bits per heavy atom. The van der Waals surface area contributed by atoms with Gasteiger partial charge < -0.3 is 15.0 Å². The summed E-state index contributed by atoms with van der Waals surface area (Å²) in [4.78, 5) is 27.3. The molecule has 1 N–H and O–H groups in total. The molecule has 9 heteroatoms. The molecule has 1 saturated heterocycles. The van der Waals surface area contributed by atoms with Gasteiger partial charge in [-0.15, -0.1) is 10.2 Å². The molecule has 9 nitrogen and oxygen atoms in total. The van der Waals surface area contributed by atoms with Crippen LogP contribution in [0.15, 0.2) is 83.7 Å². The van der Waals surface area contributed by atoms with Crippen LogP contribution in [-0.2, 0) is 11.3 Å². The predicted octanol–water partition coefficient (Wildman–Crippen LogP) is 3.80. The number of carbonyl (C=O) groups excluding carboxylic acids is 1. The van der Waals surface area contributed by atoms with Gasteiger partial charge in [-0.05, 0) is 62.2 Å². The minimum Gasteiger partial charge on any atom is -0.494 e. The van der Waals surface area contributed by atoms with E-state index in [1.807, 2.05) is 73.7 Å². The molecule has 2 aromatic heterocycles. The summed E-state index contributed by atoms with van der Waals surface area (Å²) in [5.41, 5.74) is 3.25. The van der Waals surface area contributed by atoms with Gasteiger partial charge in [0.2, 0.25) is 5.91 Å². The lowest BCUT2D eigenvalue weighted by molar-refractivity contribution is -0.125. The third-order valence-electron chi connectivity index (χ3n) is 6.86. The van der Waals surface area contributed by atoms with Gasteiger partial charge in [0.25, 0.3) is 5.56 Å². The number of nitrogens with one attached hydrogen (secondary N) is 1. The normalized spacial score (nSPS) is 13.7. The maximum absolute atomic E-state index is 12.8. The van der Waals surface area contributed by atoms with Crippen LogP contribution in [0.2, 0.25) is 0 Å². The Bertz CT molecular complexity index is 1430. The largest absolute Gasteiger partial charge is 0.494 e. The predicted molar refractivity (Wildman–Crippen MR) is 151 cm³/mol. The second-order valence-electron chi connectivity index (χ2n) is 9.43. The van der Waals surface area contributed by atoms with E-state index < -0.39 is 0 Å².